The van der Waals surface area contributed by atoms with Crippen LogP contribution in [0.4, 0.5) is 0 Å². The van der Waals surface area contributed by atoms with Gasteiger partial charge in [0.05, 0.1) is 12.1 Å². The van der Waals surface area contributed by atoms with E-state index in [9.17, 15) is 4.79 Å². The minimum absolute atomic E-state index is 0. The zero-order valence-corrected chi connectivity index (χ0v) is 12.0. The van der Waals surface area contributed by atoms with Crippen molar-refractivity contribution in [2.75, 3.05) is 5.75 Å². The van der Waals surface area contributed by atoms with Crippen molar-refractivity contribution in [3.8, 4) is 0 Å². The molecule has 0 radical (unpaired) electrons. The van der Waals surface area contributed by atoms with E-state index in [0.717, 1.165) is 25.0 Å². The van der Waals surface area contributed by atoms with Crippen LogP contribution in [-0.4, -0.2) is 40.1 Å². The average Bonchev–Trinajstić information content (AvgIpc) is 2.72. The minimum Gasteiger partial charge on any atom is -0.481 e. The van der Waals surface area contributed by atoms with Gasteiger partial charge in [-0.2, -0.15) is 11.8 Å². The Morgan fingerprint density at radius 2 is 2.35 bits per heavy atom. The zero-order chi connectivity index (χ0) is 11.5. The highest BCUT2D eigenvalue weighted by Crippen LogP contribution is 2.35. The highest BCUT2D eigenvalue weighted by molar-refractivity contribution is 8.93. The molecule has 0 bridgehead atoms. The fraction of sp³-hybridized carbons (Fsp3) is 0.800. The number of rotatable bonds is 5. The Bertz CT molecular complexity index is 314. The second-order valence-corrected chi connectivity index (χ2v) is 5.54. The fourth-order valence-electron chi connectivity index (χ4n) is 2.25. The predicted molar refractivity (Wildman–Crippen MR) is 75.0 cm³/mol. The van der Waals surface area contributed by atoms with E-state index in [1.54, 1.807) is 0 Å². The van der Waals surface area contributed by atoms with Crippen LogP contribution in [0.2, 0.25) is 0 Å². The van der Waals surface area contributed by atoms with Gasteiger partial charge in [0.25, 0.3) is 0 Å². The van der Waals surface area contributed by atoms with Gasteiger partial charge in [-0.15, -0.1) is 17.0 Å². The number of aliphatic carboxylic acids is 1. The molecule has 0 aliphatic carbocycles. The number of carboxylic acids is 1. The number of thioether (sulfide) groups is 1. The number of guanidine groups is 1. The fourth-order valence-corrected chi connectivity index (χ4v) is 3.76. The molecular formula is C10H18BrN3O2S. The summed E-state index contributed by atoms with van der Waals surface area (Å²) in [6, 6.07) is 0.698. The van der Waals surface area contributed by atoms with Crippen LogP contribution in [0.15, 0.2) is 4.99 Å². The van der Waals surface area contributed by atoms with E-state index in [2.05, 4.69) is 10.3 Å². The monoisotopic (exact) mass is 323 g/mol. The maximum Gasteiger partial charge on any atom is 0.303 e. The molecule has 0 amide bonds. The van der Waals surface area contributed by atoms with Crippen LogP contribution in [0.5, 0.6) is 0 Å². The second kappa shape index (κ2) is 6.49. The van der Waals surface area contributed by atoms with E-state index in [1.165, 1.54) is 0 Å². The molecular weight excluding hydrogens is 306 g/mol. The van der Waals surface area contributed by atoms with Crippen molar-refractivity contribution < 1.29 is 9.90 Å². The molecule has 0 saturated carbocycles. The van der Waals surface area contributed by atoms with Crippen molar-refractivity contribution in [3.05, 3.63) is 0 Å². The zero-order valence-electron chi connectivity index (χ0n) is 9.46. The van der Waals surface area contributed by atoms with Gasteiger partial charge in [-0.05, 0) is 12.8 Å². The van der Waals surface area contributed by atoms with Crippen LogP contribution in [0, 0.1) is 0 Å². The molecule has 4 N–H and O–H groups in total. The number of hydrogen-bond donors (Lipinski definition) is 3. The Labute approximate surface area is 115 Å². The van der Waals surface area contributed by atoms with Crippen LogP contribution in [0.3, 0.4) is 0 Å². The molecule has 0 spiro atoms. The quantitative estimate of drug-likeness (QED) is 0.656. The molecule has 3 atom stereocenters. The number of nitrogens with one attached hydrogen (secondary N) is 1. The van der Waals surface area contributed by atoms with E-state index >= 15 is 0 Å². The van der Waals surface area contributed by atoms with Crippen molar-refractivity contribution >= 4 is 40.7 Å². The van der Waals surface area contributed by atoms with E-state index in [0.29, 0.717) is 23.3 Å². The summed E-state index contributed by atoms with van der Waals surface area (Å²) in [7, 11) is 0. The van der Waals surface area contributed by atoms with Gasteiger partial charge in [0.1, 0.15) is 0 Å². The van der Waals surface area contributed by atoms with Gasteiger partial charge in [-0.3, -0.25) is 4.79 Å². The summed E-state index contributed by atoms with van der Waals surface area (Å²) in [4.78, 5) is 14.8. The first kappa shape index (κ1) is 14.6. The van der Waals surface area contributed by atoms with Crippen LogP contribution in [0.1, 0.15) is 25.7 Å². The largest absolute Gasteiger partial charge is 0.481 e. The van der Waals surface area contributed by atoms with Gasteiger partial charge in [-0.1, -0.05) is 6.42 Å². The third-order valence-electron chi connectivity index (χ3n) is 3.03. The first-order valence-corrected chi connectivity index (χ1v) is 6.65. The van der Waals surface area contributed by atoms with Gasteiger partial charge in [-0.25, -0.2) is 4.99 Å². The molecule has 0 aromatic carbocycles. The lowest BCUT2D eigenvalue weighted by Crippen LogP contribution is -2.38. The molecule has 0 aromatic heterocycles. The van der Waals surface area contributed by atoms with Gasteiger partial charge in [0.2, 0.25) is 0 Å². The van der Waals surface area contributed by atoms with E-state index in [1.807, 2.05) is 11.8 Å². The number of aliphatic imine (C=N–C) groups is 1. The molecule has 0 aromatic rings. The topological polar surface area (TPSA) is 87.7 Å². The van der Waals surface area contributed by atoms with Crippen LogP contribution in [0.25, 0.3) is 0 Å². The Balaban J connectivity index is 0.00000144. The summed E-state index contributed by atoms with van der Waals surface area (Å²) in [5, 5.41) is 12.2. The molecule has 17 heavy (non-hydrogen) atoms. The van der Waals surface area contributed by atoms with Gasteiger partial charge in [0.15, 0.2) is 5.96 Å². The number of nitrogens with two attached hydrogens (primary N) is 1. The van der Waals surface area contributed by atoms with E-state index < -0.39 is 5.97 Å². The molecule has 1 fully saturated rings. The molecule has 98 valence electrons. The van der Waals surface area contributed by atoms with Crippen molar-refractivity contribution in [1.82, 2.24) is 5.32 Å². The number of carboxylic acid groups (broad SMARTS) is 1. The number of halogens is 1. The number of nitrogens with zero attached hydrogens (tertiary/aromatic N) is 1. The van der Waals surface area contributed by atoms with Crippen LogP contribution >= 0.6 is 28.7 Å². The van der Waals surface area contributed by atoms with E-state index in [4.69, 9.17) is 10.8 Å². The Kier molecular flexibility index (Phi) is 5.58. The van der Waals surface area contributed by atoms with Crippen LogP contribution < -0.4 is 11.1 Å². The third-order valence-corrected chi connectivity index (χ3v) is 4.53. The first-order valence-electron chi connectivity index (χ1n) is 5.60. The van der Waals surface area contributed by atoms with Gasteiger partial charge < -0.3 is 16.2 Å². The summed E-state index contributed by atoms with van der Waals surface area (Å²) in [6.07, 6.45) is 3.03. The smallest absolute Gasteiger partial charge is 0.303 e. The molecule has 2 aliphatic rings. The molecule has 2 aliphatic heterocycles. The average molecular weight is 324 g/mol. The molecule has 1 saturated heterocycles. The third kappa shape index (κ3) is 3.77. The highest BCUT2D eigenvalue weighted by Gasteiger charge is 2.39. The molecule has 2 rings (SSSR count). The van der Waals surface area contributed by atoms with Gasteiger partial charge >= 0.3 is 5.97 Å². The normalized spacial score (nSPS) is 30.1. The highest BCUT2D eigenvalue weighted by atomic mass is 79.9. The Hall–Kier alpha value is -0.430. The molecule has 2 heterocycles. The second-order valence-electron chi connectivity index (χ2n) is 4.27. The lowest BCUT2D eigenvalue weighted by Gasteiger charge is -2.13. The summed E-state index contributed by atoms with van der Waals surface area (Å²) in [6.45, 7) is 0. The van der Waals surface area contributed by atoms with Crippen LogP contribution in [-0.2, 0) is 4.79 Å². The summed E-state index contributed by atoms with van der Waals surface area (Å²) in [5.74, 6) is 0.908. The first-order chi connectivity index (χ1) is 7.66. The number of hydrogen-bond acceptors (Lipinski definition) is 5. The summed E-state index contributed by atoms with van der Waals surface area (Å²) >= 11 is 1.92. The number of carbonyl (C=O) groups is 1. The number of unbranched alkanes of at least 4 members (excludes halogenated alkanes) is 1. The summed E-state index contributed by atoms with van der Waals surface area (Å²) in [5.41, 5.74) is 5.63. The van der Waals surface area contributed by atoms with Crippen molar-refractivity contribution in [2.45, 2.75) is 43.0 Å². The standard InChI is InChI=1S/C10H17N3O2S.BrH/c11-10-12-6-5-16-7(9(6)13-10)3-1-2-4-8(14)15;/h6-7,9H,1-5H2,(H,14,15)(H3,11,12,13);1H/t6-,7-,9-;/m0./s1. The van der Waals surface area contributed by atoms with Crippen molar-refractivity contribution in [3.63, 3.8) is 0 Å². The Morgan fingerprint density at radius 1 is 1.59 bits per heavy atom. The minimum atomic E-state index is -0.707. The molecule has 7 heteroatoms. The van der Waals surface area contributed by atoms with Crippen molar-refractivity contribution in [2.24, 2.45) is 10.7 Å². The molecule has 0 unspecified atom stereocenters. The van der Waals surface area contributed by atoms with Crippen molar-refractivity contribution in [1.29, 1.82) is 0 Å². The number of fused-ring (bicyclic) bond motifs is 1. The SMILES string of the molecule is Br.NC1=N[C@H]2[C@H](CS[C@H]2CCCCC(=O)O)N1. The maximum atomic E-state index is 10.4. The lowest BCUT2D eigenvalue weighted by molar-refractivity contribution is -0.137. The maximum absolute atomic E-state index is 10.4. The Morgan fingerprint density at radius 3 is 3.06 bits per heavy atom. The predicted octanol–water partition coefficient (Wildman–Crippen LogP) is 0.980. The molecule has 5 nitrogen and oxygen atoms in total. The lowest BCUT2D eigenvalue weighted by atomic mass is 10.0. The summed E-state index contributed by atoms with van der Waals surface area (Å²) < 4.78 is 0. The van der Waals surface area contributed by atoms with Gasteiger partial charge in [0, 0.05) is 17.4 Å². The van der Waals surface area contributed by atoms with E-state index in [-0.39, 0.29) is 23.4 Å².